The van der Waals surface area contributed by atoms with Gasteiger partial charge < -0.3 is 9.64 Å². The molecular formula is C28H38N2O2. The maximum Gasteiger partial charge on any atom is 0.226 e. The Morgan fingerprint density at radius 1 is 1.00 bits per heavy atom. The number of rotatable bonds is 7. The first kappa shape index (κ1) is 22.8. The number of piperidine rings is 1. The third-order valence-electron chi connectivity index (χ3n) is 7.11. The molecule has 2 aliphatic rings. The Kier molecular flexibility index (Phi) is 7.20. The van der Waals surface area contributed by atoms with Crippen molar-refractivity contribution in [3.05, 3.63) is 65.2 Å². The zero-order chi connectivity index (χ0) is 22.6. The minimum atomic E-state index is 0.273. The van der Waals surface area contributed by atoms with Crippen molar-refractivity contribution in [2.75, 3.05) is 32.8 Å². The molecule has 0 unspecified atom stereocenters. The number of likely N-dealkylation sites (tertiary alicyclic amines) is 2. The molecule has 4 nitrogen and oxygen atoms in total. The first-order valence-electron chi connectivity index (χ1n) is 12.2. The summed E-state index contributed by atoms with van der Waals surface area (Å²) in [7, 11) is 0. The van der Waals surface area contributed by atoms with Gasteiger partial charge >= 0.3 is 0 Å². The molecule has 0 aromatic heterocycles. The summed E-state index contributed by atoms with van der Waals surface area (Å²) in [5, 5.41) is 0. The predicted molar refractivity (Wildman–Crippen MR) is 130 cm³/mol. The fourth-order valence-electron chi connectivity index (χ4n) is 5.07. The predicted octanol–water partition coefficient (Wildman–Crippen LogP) is 5.09. The number of benzene rings is 2. The third-order valence-corrected chi connectivity index (χ3v) is 7.11. The lowest BCUT2D eigenvalue weighted by Crippen LogP contribution is -2.44. The van der Waals surface area contributed by atoms with Crippen molar-refractivity contribution in [1.29, 1.82) is 0 Å². The number of ether oxygens (including phenoxy) is 1. The van der Waals surface area contributed by atoms with Crippen LogP contribution in [0.4, 0.5) is 0 Å². The average molecular weight is 435 g/mol. The summed E-state index contributed by atoms with van der Waals surface area (Å²) in [5.74, 6) is 1.82. The van der Waals surface area contributed by atoms with E-state index in [0.717, 1.165) is 63.5 Å². The first-order chi connectivity index (χ1) is 15.4. The molecule has 0 saturated carbocycles. The summed E-state index contributed by atoms with van der Waals surface area (Å²) < 4.78 is 6.07. The van der Waals surface area contributed by atoms with Crippen molar-refractivity contribution in [2.45, 2.75) is 53.0 Å². The van der Waals surface area contributed by atoms with E-state index in [1.54, 1.807) is 0 Å². The second-order valence-corrected chi connectivity index (χ2v) is 10.3. The fourth-order valence-corrected chi connectivity index (χ4v) is 5.07. The largest absolute Gasteiger partial charge is 0.493 e. The third kappa shape index (κ3) is 5.72. The standard InChI is InChI=1S/C28H38N2O2/c1-22(2)20-32-26-7-5-4-6-25(26)19-29-15-12-28(21-29)13-16-30(17-14-28)27(31)18-24-10-8-23(3)9-11-24/h4-11,22H,12-21H2,1-3H3. The first-order valence-corrected chi connectivity index (χ1v) is 12.2. The molecule has 32 heavy (non-hydrogen) atoms. The number of aryl methyl sites for hydroxylation is 1. The molecule has 1 amide bonds. The van der Waals surface area contributed by atoms with Crippen LogP contribution in [0, 0.1) is 18.3 Å². The van der Waals surface area contributed by atoms with Gasteiger partial charge in [0.1, 0.15) is 5.75 Å². The van der Waals surface area contributed by atoms with Crippen LogP contribution in [-0.2, 0) is 17.8 Å². The zero-order valence-corrected chi connectivity index (χ0v) is 20.0. The van der Waals surface area contributed by atoms with Crippen LogP contribution in [0.5, 0.6) is 5.75 Å². The molecule has 2 saturated heterocycles. The molecule has 0 aliphatic carbocycles. The van der Waals surface area contributed by atoms with Crippen LogP contribution in [-0.4, -0.2) is 48.5 Å². The zero-order valence-electron chi connectivity index (χ0n) is 20.0. The molecule has 2 aliphatic heterocycles. The molecule has 0 N–H and O–H groups in total. The molecule has 1 spiro atoms. The Hall–Kier alpha value is -2.33. The van der Waals surface area contributed by atoms with Gasteiger partial charge in [-0.25, -0.2) is 0 Å². The lowest BCUT2D eigenvalue weighted by atomic mass is 9.77. The Morgan fingerprint density at radius 3 is 2.41 bits per heavy atom. The summed E-state index contributed by atoms with van der Waals surface area (Å²) in [6.45, 7) is 12.2. The highest BCUT2D eigenvalue weighted by Gasteiger charge is 2.41. The number of carbonyl (C=O) groups is 1. The normalized spacial score (nSPS) is 18.4. The van der Waals surface area contributed by atoms with Crippen LogP contribution < -0.4 is 4.74 Å². The van der Waals surface area contributed by atoms with Crippen LogP contribution in [0.1, 0.15) is 49.8 Å². The average Bonchev–Trinajstić information content (AvgIpc) is 3.17. The molecule has 4 rings (SSSR count). The van der Waals surface area contributed by atoms with Crippen molar-refractivity contribution in [3.8, 4) is 5.75 Å². The fraction of sp³-hybridized carbons (Fsp3) is 0.536. The highest BCUT2D eigenvalue weighted by Crippen LogP contribution is 2.41. The summed E-state index contributed by atoms with van der Waals surface area (Å²) >= 11 is 0. The van der Waals surface area contributed by atoms with Gasteiger partial charge in [0.25, 0.3) is 0 Å². The van der Waals surface area contributed by atoms with Crippen LogP contribution in [0.3, 0.4) is 0 Å². The van der Waals surface area contributed by atoms with Crippen molar-refractivity contribution >= 4 is 5.91 Å². The molecule has 0 atom stereocenters. The van der Waals surface area contributed by atoms with E-state index < -0.39 is 0 Å². The van der Waals surface area contributed by atoms with Gasteiger partial charge in [-0.15, -0.1) is 0 Å². The Labute approximate surface area is 193 Å². The number of nitrogens with zero attached hydrogens (tertiary/aromatic N) is 2. The van der Waals surface area contributed by atoms with Gasteiger partial charge in [0.05, 0.1) is 13.0 Å². The molecule has 172 valence electrons. The molecule has 2 aromatic carbocycles. The molecule has 2 fully saturated rings. The smallest absolute Gasteiger partial charge is 0.226 e. The van der Waals surface area contributed by atoms with E-state index in [2.05, 4.69) is 79.1 Å². The van der Waals surface area contributed by atoms with E-state index in [4.69, 9.17) is 4.74 Å². The lowest BCUT2D eigenvalue weighted by Gasteiger charge is -2.39. The Morgan fingerprint density at radius 2 is 1.69 bits per heavy atom. The van der Waals surface area contributed by atoms with Gasteiger partial charge in [-0.1, -0.05) is 61.9 Å². The number of hydrogen-bond acceptors (Lipinski definition) is 3. The van der Waals surface area contributed by atoms with Crippen LogP contribution in [0.2, 0.25) is 0 Å². The van der Waals surface area contributed by atoms with E-state index in [1.807, 2.05) is 0 Å². The van der Waals surface area contributed by atoms with E-state index >= 15 is 0 Å². The van der Waals surface area contributed by atoms with E-state index in [0.29, 0.717) is 17.8 Å². The highest BCUT2D eigenvalue weighted by molar-refractivity contribution is 5.78. The number of carbonyl (C=O) groups excluding carboxylic acids is 1. The monoisotopic (exact) mass is 434 g/mol. The van der Waals surface area contributed by atoms with Crippen molar-refractivity contribution in [3.63, 3.8) is 0 Å². The number of hydrogen-bond donors (Lipinski definition) is 0. The Bertz CT molecular complexity index is 898. The van der Waals surface area contributed by atoms with Crippen LogP contribution in [0.15, 0.2) is 48.5 Å². The molecule has 2 aromatic rings. The SMILES string of the molecule is Cc1ccc(CC(=O)N2CCC3(CCN(Cc4ccccc4OCC(C)C)C3)CC2)cc1. The lowest BCUT2D eigenvalue weighted by molar-refractivity contribution is -0.132. The van der Waals surface area contributed by atoms with Gasteiger partial charge in [-0.05, 0) is 55.7 Å². The maximum absolute atomic E-state index is 12.8. The molecule has 4 heteroatoms. The van der Waals surface area contributed by atoms with Crippen LogP contribution >= 0.6 is 0 Å². The van der Waals surface area contributed by atoms with Crippen molar-refractivity contribution < 1.29 is 9.53 Å². The number of para-hydroxylation sites is 1. The summed E-state index contributed by atoms with van der Waals surface area (Å²) in [5.41, 5.74) is 4.01. The van der Waals surface area contributed by atoms with Crippen molar-refractivity contribution in [2.24, 2.45) is 11.3 Å². The van der Waals surface area contributed by atoms with Crippen LogP contribution in [0.25, 0.3) is 0 Å². The van der Waals surface area contributed by atoms with E-state index in [9.17, 15) is 4.79 Å². The van der Waals surface area contributed by atoms with E-state index in [-0.39, 0.29) is 5.91 Å². The number of amides is 1. The van der Waals surface area contributed by atoms with Gasteiger partial charge in [0, 0.05) is 31.7 Å². The highest BCUT2D eigenvalue weighted by atomic mass is 16.5. The quantitative estimate of drug-likeness (QED) is 0.609. The second kappa shape index (κ2) is 10.1. The molecule has 0 radical (unpaired) electrons. The summed E-state index contributed by atoms with van der Waals surface area (Å²) in [6, 6.07) is 16.8. The van der Waals surface area contributed by atoms with Gasteiger partial charge in [0.2, 0.25) is 5.91 Å². The molecule has 0 bridgehead atoms. The minimum Gasteiger partial charge on any atom is -0.493 e. The topological polar surface area (TPSA) is 32.8 Å². The second-order valence-electron chi connectivity index (χ2n) is 10.3. The van der Waals surface area contributed by atoms with Gasteiger partial charge in [-0.2, -0.15) is 0 Å². The minimum absolute atomic E-state index is 0.273. The van der Waals surface area contributed by atoms with Gasteiger partial charge in [-0.3, -0.25) is 9.69 Å². The van der Waals surface area contributed by atoms with Crippen molar-refractivity contribution in [1.82, 2.24) is 9.80 Å². The Balaban J connectivity index is 1.29. The molecule has 2 heterocycles. The maximum atomic E-state index is 12.8. The van der Waals surface area contributed by atoms with Gasteiger partial charge in [0.15, 0.2) is 0 Å². The summed E-state index contributed by atoms with van der Waals surface area (Å²) in [4.78, 5) is 17.5. The van der Waals surface area contributed by atoms with E-state index in [1.165, 1.54) is 17.5 Å². The molecular weight excluding hydrogens is 396 g/mol. The summed E-state index contributed by atoms with van der Waals surface area (Å²) in [6.07, 6.45) is 4.00.